The molecule has 106 valence electrons. The van der Waals surface area contributed by atoms with Crippen LogP contribution in [0.1, 0.15) is 23.7 Å². The number of thioether (sulfide) groups is 1. The van der Waals surface area contributed by atoms with Crippen LogP contribution in [0.2, 0.25) is 0 Å². The number of nitriles is 1. The quantitative estimate of drug-likeness (QED) is 0.781. The van der Waals surface area contributed by atoms with Crippen LogP contribution in [0.15, 0.2) is 17.0 Å². The fraction of sp³-hybridized carbons (Fsp3) is 0.308. The molecule has 0 atom stereocenters. The third-order valence-corrected chi connectivity index (χ3v) is 3.28. The number of hydrogen-bond donors (Lipinski definition) is 2. The molecule has 1 amide bonds. The lowest BCUT2D eigenvalue weighted by Crippen LogP contribution is -2.12. The lowest BCUT2D eigenvalue weighted by Gasteiger charge is -2.13. The number of rotatable bonds is 6. The summed E-state index contributed by atoms with van der Waals surface area (Å²) in [5.74, 6) is -0.678. The Bertz CT molecular complexity index is 566. The topological polar surface area (TPSA) is 99.4 Å². The first-order valence-electron chi connectivity index (χ1n) is 5.78. The van der Waals surface area contributed by atoms with E-state index in [1.807, 2.05) is 6.92 Å². The number of anilines is 1. The average molecular weight is 294 g/mol. The van der Waals surface area contributed by atoms with Crippen LogP contribution in [0.3, 0.4) is 0 Å². The first-order chi connectivity index (χ1) is 9.53. The van der Waals surface area contributed by atoms with Gasteiger partial charge in [-0.05, 0) is 11.8 Å². The number of ether oxygens (including phenoxy) is 1. The van der Waals surface area contributed by atoms with E-state index in [-0.39, 0.29) is 17.7 Å². The molecular formula is C13H14N2O4S. The zero-order chi connectivity index (χ0) is 15.1. The van der Waals surface area contributed by atoms with Gasteiger partial charge in [0.15, 0.2) is 0 Å². The summed E-state index contributed by atoms with van der Waals surface area (Å²) in [4.78, 5) is 23.3. The summed E-state index contributed by atoms with van der Waals surface area (Å²) in [7, 11) is 1.36. The first-order valence-corrected chi connectivity index (χ1v) is 6.77. The molecule has 0 unspecified atom stereocenters. The van der Waals surface area contributed by atoms with Gasteiger partial charge < -0.3 is 15.2 Å². The van der Waals surface area contributed by atoms with Gasteiger partial charge in [-0.2, -0.15) is 5.26 Å². The number of amides is 1. The Balaban J connectivity index is 3.23. The van der Waals surface area contributed by atoms with E-state index >= 15 is 0 Å². The van der Waals surface area contributed by atoms with E-state index in [9.17, 15) is 9.59 Å². The summed E-state index contributed by atoms with van der Waals surface area (Å²) >= 11 is 1.40. The van der Waals surface area contributed by atoms with Crippen LogP contribution in [0.25, 0.3) is 0 Å². The fourth-order valence-corrected chi connectivity index (χ4v) is 2.31. The van der Waals surface area contributed by atoms with Crippen LogP contribution in [-0.2, 0) is 4.79 Å². The van der Waals surface area contributed by atoms with Gasteiger partial charge in [0.2, 0.25) is 5.91 Å². The molecule has 0 spiro atoms. The SMILES string of the molecule is CCSc1cc(C(=O)O)c(OC)cc1NC(=O)CC#N. The molecule has 0 bridgehead atoms. The van der Waals surface area contributed by atoms with E-state index in [0.717, 1.165) is 0 Å². The summed E-state index contributed by atoms with van der Waals surface area (Å²) < 4.78 is 5.02. The molecule has 6 nitrogen and oxygen atoms in total. The Kier molecular flexibility index (Phi) is 5.87. The zero-order valence-corrected chi connectivity index (χ0v) is 11.9. The molecule has 0 saturated carbocycles. The van der Waals surface area contributed by atoms with E-state index < -0.39 is 11.9 Å². The predicted octanol–water partition coefficient (Wildman–Crippen LogP) is 2.36. The normalized spacial score (nSPS) is 9.65. The van der Waals surface area contributed by atoms with Crippen molar-refractivity contribution < 1.29 is 19.4 Å². The molecular weight excluding hydrogens is 280 g/mol. The molecule has 0 aromatic heterocycles. The maximum Gasteiger partial charge on any atom is 0.339 e. The summed E-state index contributed by atoms with van der Waals surface area (Å²) in [6.45, 7) is 1.91. The van der Waals surface area contributed by atoms with Crippen LogP contribution in [0, 0.1) is 11.3 Å². The molecule has 20 heavy (non-hydrogen) atoms. The van der Waals surface area contributed by atoms with E-state index in [2.05, 4.69) is 5.32 Å². The fourth-order valence-electron chi connectivity index (χ4n) is 1.53. The number of aromatic carboxylic acids is 1. The van der Waals surface area contributed by atoms with E-state index in [4.69, 9.17) is 15.1 Å². The Morgan fingerprint density at radius 1 is 1.50 bits per heavy atom. The van der Waals surface area contributed by atoms with Crippen molar-refractivity contribution in [3.05, 3.63) is 17.7 Å². The Hall–Kier alpha value is -2.20. The van der Waals surface area contributed by atoms with Crippen molar-refractivity contribution in [2.75, 3.05) is 18.2 Å². The van der Waals surface area contributed by atoms with Crippen LogP contribution in [0.5, 0.6) is 5.75 Å². The Morgan fingerprint density at radius 3 is 2.70 bits per heavy atom. The minimum atomic E-state index is -1.10. The highest BCUT2D eigenvalue weighted by Crippen LogP contribution is 2.34. The third kappa shape index (κ3) is 3.90. The molecule has 2 N–H and O–H groups in total. The number of methoxy groups -OCH3 is 1. The maximum absolute atomic E-state index is 11.5. The standard InChI is InChI=1S/C13H14N2O4S/c1-3-20-11-6-8(13(17)18)10(19-2)7-9(11)15-12(16)4-5-14/h6-7H,3-4H2,1-2H3,(H,15,16)(H,17,18). The molecule has 0 aliphatic rings. The number of benzene rings is 1. The van der Waals surface area contributed by atoms with Gasteiger partial charge in [0.05, 0.1) is 18.9 Å². The number of nitrogens with one attached hydrogen (secondary N) is 1. The monoisotopic (exact) mass is 294 g/mol. The maximum atomic E-state index is 11.5. The number of carboxylic acid groups (broad SMARTS) is 1. The van der Waals surface area contributed by atoms with Gasteiger partial charge >= 0.3 is 5.97 Å². The third-order valence-electron chi connectivity index (χ3n) is 2.35. The van der Waals surface area contributed by atoms with Crippen molar-refractivity contribution >= 4 is 29.3 Å². The Labute approximate surface area is 120 Å². The predicted molar refractivity (Wildman–Crippen MR) is 75.2 cm³/mol. The molecule has 0 heterocycles. The minimum Gasteiger partial charge on any atom is -0.496 e. The summed E-state index contributed by atoms with van der Waals surface area (Å²) in [5, 5.41) is 20.2. The molecule has 1 rings (SSSR count). The first kappa shape index (κ1) is 15.9. The van der Waals surface area contributed by atoms with Crippen molar-refractivity contribution in [2.24, 2.45) is 0 Å². The highest BCUT2D eigenvalue weighted by molar-refractivity contribution is 7.99. The van der Waals surface area contributed by atoms with Gasteiger partial charge in [0.1, 0.15) is 17.7 Å². The van der Waals surface area contributed by atoms with Gasteiger partial charge in [-0.3, -0.25) is 4.79 Å². The summed E-state index contributed by atoms with van der Waals surface area (Å²) in [6, 6.07) is 4.66. The van der Waals surface area contributed by atoms with Crippen LogP contribution >= 0.6 is 11.8 Å². The van der Waals surface area contributed by atoms with Gasteiger partial charge in [-0.15, -0.1) is 11.8 Å². The number of nitrogens with zero attached hydrogens (tertiary/aromatic N) is 1. The van der Waals surface area contributed by atoms with Crippen molar-refractivity contribution in [3.63, 3.8) is 0 Å². The highest BCUT2D eigenvalue weighted by Gasteiger charge is 2.17. The molecule has 0 fully saturated rings. The highest BCUT2D eigenvalue weighted by atomic mass is 32.2. The van der Waals surface area contributed by atoms with Crippen molar-refractivity contribution in [1.29, 1.82) is 5.26 Å². The second-order valence-corrected chi connectivity index (χ2v) is 4.98. The Morgan fingerprint density at radius 2 is 2.20 bits per heavy atom. The van der Waals surface area contributed by atoms with Gasteiger partial charge in [-0.1, -0.05) is 6.92 Å². The molecule has 0 radical (unpaired) electrons. The second-order valence-electron chi connectivity index (χ2n) is 3.67. The molecule has 1 aromatic carbocycles. The van der Waals surface area contributed by atoms with Crippen LogP contribution in [0.4, 0.5) is 5.69 Å². The number of hydrogen-bond acceptors (Lipinski definition) is 5. The number of carbonyl (C=O) groups excluding carboxylic acids is 1. The van der Waals surface area contributed by atoms with Crippen molar-refractivity contribution in [2.45, 2.75) is 18.2 Å². The number of carbonyl (C=O) groups is 2. The molecule has 1 aromatic rings. The van der Waals surface area contributed by atoms with Gasteiger partial charge in [0, 0.05) is 11.0 Å². The second kappa shape index (κ2) is 7.40. The minimum absolute atomic E-state index is 0.0294. The molecule has 0 aliphatic carbocycles. The lowest BCUT2D eigenvalue weighted by atomic mass is 10.1. The van der Waals surface area contributed by atoms with E-state index in [1.54, 1.807) is 6.07 Å². The molecule has 0 saturated heterocycles. The zero-order valence-electron chi connectivity index (χ0n) is 11.1. The van der Waals surface area contributed by atoms with Crippen LogP contribution in [-0.4, -0.2) is 29.8 Å². The van der Waals surface area contributed by atoms with E-state index in [1.165, 1.54) is 31.0 Å². The largest absolute Gasteiger partial charge is 0.496 e. The van der Waals surface area contributed by atoms with Crippen LogP contribution < -0.4 is 10.1 Å². The lowest BCUT2D eigenvalue weighted by molar-refractivity contribution is -0.115. The van der Waals surface area contributed by atoms with Crippen molar-refractivity contribution in [3.8, 4) is 11.8 Å². The smallest absolute Gasteiger partial charge is 0.339 e. The van der Waals surface area contributed by atoms with Gasteiger partial charge in [0.25, 0.3) is 0 Å². The number of carboxylic acids is 1. The molecule has 7 heteroatoms. The van der Waals surface area contributed by atoms with E-state index in [0.29, 0.717) is 16.3 Å². The molecule has 0 aliphatic heterocycles. The average Bonchev–Trinajstić information content (AvgIpc) is 2.40. The summed E-state index contributed by atoms with van der Waals surface area (Å²) in [5.41, 5.74) is 0.473. The van der Waals surface area contributed by atoms with Crippen molar-refractivity contribution in [1.82, 2.24) is 0 Å². The van der Waals surface area contributed by atoms with Gasteiger partial charge in [-0.25, -0.2) is 4.79 Å². The summed E-state index contributed by atoms with van der Waals surface area (Å²) in [6.07, 6.45) is -0.265.